The van der Waals surface area contributed by atoms with Crippen molar-refractivity contribution >= 4 is 29.0 Å². The molecule has 166 valence electrons. The van der Waals surface area contributed by atoms with Gasteiger partial charge in [0.1, 0.15) is 5.54 Å². The second-order valence-electron chi connectivity index (χ2n) is 8.71. The van der Waals surface area contributed by atoms with E-state index >= 15 is 0 Å². The molecule has 3 aromatic rings. The Bertz CT molecular complexity index is 1290. The summed E-state index contributed by atoms with van der Waals surface area (Å²) in [5, 5.41) is 3.65. The lowest BCUT2D eigenvalue weighted by Crippen LogP contribution is -2.51. The molecule has 0 aromatic heterocycles. The van der Waals surface area contributed by atoms with E-state index < -0.39 is 11.5 Å². The third-order valence-corrected chi connectivity index (χ3v) is 7.35. The lowest BCUT2D eigenvalue weighted by molar-refractivity contribution is -0.126. The van der Waals surface area contributed by atoms with E-state index in [9.17, 15) is 9.59 Å². The smallest absolute Gasteiger partial charge is 0.250 e. The highest BCUT2D eigenvalue weighted by atomic mass is 35.5. The zero-order valence-corrected chi connectivity index (χ0v) is 18.6. The van der Waals surface area contributed by atoms with E-state index in [1.165, 1.54) is 0 Å². The minimum Gasteiger partial charge on any atom is -0.454 e. The van der Waals surface area contributed by atoms with Gasteiger partial charge in [-0.15, -0.1) is 0 Å². The Morgan fingerprint density at radius 1 is 1.06 bits per heavy atom. The van der Waals surface area contributed by atoms with Crippen LogP contribution in [0, 0.1) is 5.92 Å². The molecule has 3 aromatic carbocycles. The molecule has 1 fully saturated rings. The number of hydrogen-bond acceptors (Lipinski definition) is 5. The third kappa shape index (κ3) is 2.84. The fraction of sp³-hybridized carbons (Fsp3) is 0.231. The SMILES string of the molecule is CN1C[C@H](c2ccc(Cl)cc2)[C@H](C(=O)c2ccc3c(c2)OCO3)[C@]12C(=O)Nc1ccccc12. The second kappa shape index (κ2) is 7.33. The molecule has 6 rings (SSSR count). The molecule has 7 heteroatoms. The Balaban J connectivity index is 1.54. The van der Waals surface area contributed by atoms with Crippen molar-refractivity contribution in [3.63, 3.8) is 0 Å². The van der Waals surface area contributed by atoms with Crippen molar-refractivity contribution in [2.45, 2.75) is 11.5 Å². The van der Waals surface area contributed by atoms with Crippen LogP contribution in [-0.2, 0) is 10.3 Å². The molecule has 3 atom stereocenters. The van der Waals surface area contributed by atoms with Crippen LogP contribution in [0.15, 0.2) is 66.7 Å². The highest BCUT2D eigenvalue weighted by Crippen LogP contribution is 2.55. The van der Waals surface area contributed by atoms with Crippen molar-refractivity contribution in [1.82, 2.24) is 4.90 Å². The average molecular weight is 461 g/mol. The first-order valence-electron chi connectivity index (χ1n) is 10.8. The largest absolute Gasteiger partial charge is 0.454 e. The molecule has 0 bridgehead atoms. The number of carbonyl (C=O) groups excluding carboxylic acids is 2. The van der Waals surface area contributed by atoms with Crippen molar-refractivity contribution in [2.24, 2.45) is 5.92 Å². The van der Waals surface area contributed by atoms with Gasteiger partial charge in [-0.1, -0.05) is 41.9 Å². The van der Waals surface area contributed by atoms with E-state index in [1.54, 1.807) is 18.2 Å². The quantitative estimate of drug-likeness (QED) is 0.585. The van der Waals surface area contributed by atoms with Gasteiger partial charge in [-0.3, -0.25) is 14.5 Å². The van der Waals surface area contributed by atoms with Crippen molar-refractivity contribution in [1.29, 1.82) is 0 Å². The van der Waals surface area contributed by atoms with Gasteiger partial charge in [0, 0.05) is 34.3 Å². The zero-order valence-electron chi connectivity index (χ0n) is 17.9. The number of carbonyl (C=O) groups is 2. The van der Waals surface area contributed by atoms with Gasteiger partial charge in [0.05, 0.1) is 5.92 Å². The van der Waals surface area contributed by atoms with Crippen LogP contribution in [0.1, 0.15) is 27.4 Å². The van der Waals surface area contributed by atoms with Crippen molar-refractivity contribution in [3.8, 4) is 11.5 Å². The number of likely N-dealkylation sites (N-methyl/N-ethyl adjacent to an activating group) is 1. The van der Waals surface area contributed by atoms with Gasteiger partial charge in [-0.2, -0.15) is 0 Å². The molecule has 0 aliphatic carbocycles. The second-order valence-corrected chi connectivity index (χ2v) is 9.15. The number of fused-ring (bicyclic) bond motifs is 3. The Labute approximate surface area is 196 Å². The summed E-state index contributed by atoms with van der Waals surface area (Å²) in [5.41, 5.74) is 1.92. The molecule has 3 heterocycles. The molecular weight excluding hydrogens is 440 g/mol. The summed E-state index contributed by atoms with van der Waals surface area (Å²) in [4.78, 5) is 29.9. The molecule has 0 radical (unpaired) electrons. The lowest BCUT2D eigenvalue weighted by Gasteiger charge is -2.35. The maximum atomic E-state index is 14.2. The Hall–Kier alpha value is -3.35. The number of ketones is 1. The Kier molecular flexibility index (Phi) is 4.50. The van der Waals surface area contributed by atoms with E-state index in [0.29, 0.717) is 28.6 Å². The molecule has 3 aliphatic rings. The zero-order chi connectivity index (χ0) is 22.7. The summed E-state index contributed by atoms with van der Waals surface area (Å²) in [6.45, 7) is 0.677. The summed E-state index contributed by atoms with van der Waals surface area (Å²) in [6.07, 6.45) is 0. The van der Waals surface area contributed by atoms with Crippen molar-refractivity contribution in [2.75, 3.05) is 25.7 Å². The first-order chi connectivity index (χ1) is 16.0. The molecule has 0 saturated carbocycles. The molecule has 0 unspecified atom stereocenters. The summed E-state index contributed by atoms with van der Waals surface area (Å²) >= 11 is 6.14. The molecule has 1 saturated heterocycles. The first-order valence-corrected chi connectivity index (χ1v) is 11.2. The number of ether oxygens (including phenoxy) is 2. The molecular formula is C26H21ClN2O4. The van der Waals surface area contributed by atoms with E-state index in [4.69, 9.17) is 21.1 Å². The van der Waals surface area contributed by atoms with E-state index in [0.717, 1.165) is 16.8 Å². The summed E-state index contributed by atoms with van der Waals surface area (Å²) in [6, 6.07) is 20.4. The van der Waals surface area contributed by atoms with Crippen LogP contribution in [0.5, 0.6) is 11.5 Å². The molecule has 3 aliphatic heterocycles. The van der Waals surface area contributed by atoms with Crippen LogP contribution >= 0.6 is 11.6 Å². The van der Waals surface area contributed by atoms with E-state index in [1.807, 2.05) is 60.5 Å². The number of hydrogen-bond donors (Lipinski definition) is 1. The number of likely N-dealkylation sites (tertiary alicyclic amines) is 1. The number of nitrogens with one attached hydrogen (secondary N) is 1. The van der Waals surface area contributed by atoms with Crippen LogP contribution in [0.4, 0.5) is 5.69 Å². The van der Waals surface area contributed by atoms with Gasteiger partial charge in [-0.05, 0) is 49.0 Å². The van der Waals surface area contributed by atoms with Crippen molar-refractivity contribution in [3.05, 3.63) is 88.4 Å². The van der Waals surface area contributed by atoms with E-state index in [-0.39, 0.29) is 24.4 Å². The predicted octanol–water partition coefficient (Wildman–Crippen LogP) is 4.44. The Morgan fingerprint density at radius 2 is 1.82 bits per heavy atom. The number of anilines is 1. The van der Waals surface area contributed by atoms with Gasteiger partial charge in [0.2, 0.25) is 12.7 Å². The highest BCUT2D eigenvalue weighted by molar-refractivity contribution is 6.30. The maximum Gasteiger partial charge on any atom is 0.250 e. The van der Waals surface area contributed by atoms with E-state index in [2.05, 4.69) is 5.32 Å². The first kappa shape index (κ1) is 20.3. The number of benzene rings is 3. The number of rotatable bonds is 3. The fourth-order valence-electron chi connectivity index (χ4n) is 5.63. The standard InChI is InChI=1S/C26H21ClN2O4/c1-29-13-18(15-6-9-17(27)10-7-15)23(24(30)16-8-11-21-22(12-16)33-14-32-21)26(29)19-4-2-3-5-20(19)28-25(26)31/h2-12,18,23H,13-14H2,1H3,(H,28,31)/t18-,23-,26-/m1/s1. The summed E-state index contributed by atoms with van der Waals surface area (Å²) in [7, 11) is 1.91. The third-order valence-electron chi connectivity index (χ3n) is 7.09. The molecule has 1 amide bonds. The average Bonchev–Trinajstić information content (AvgIpc) is 3.49. The topological polar surface area (TPSA) is 67.9 Å². The van der Waals surface area contributed by atoms with Crippen LogP contribution in [-0.4, -0.2) is 37.0 Å². The Morgan fingerprint density at radius 3 is 2.64 bits per heavy atom. The lowest BCUT2D eigenvalue weighted by atomic mass is 9.70. The summed E-state index contributed by atoms with van der Waals surface area (Å²) < 4.78 is 10.9. The molecule has 1 N–H and O–H groups in total. The van der Waals surface area contributed by atoms with Gasteiger partial charge < -0.3 is 14.8 Å². The number of nitrogens with zero attached hydrogens (tertiary/aromatic N) is 1. The van der Waals surface area contributed by atoms with Gasteiger partial charge >= 0.3 is 0 Å². The predicted molar refractivity (Wildman–Crippen MR) is 124 cm³/mol. The number of halogens is 1. The fourth-order valence-corrected chi connectivity index (χ4v) is 5.76. The number of amides is 1. The minimum absolute atomic E-state index is 0.107. The van der Waals surface area contributed by atoms with Crippen molar-refractivity contribution < 1.29 is 19.1 Å². The van der Waals surface area contributed by atoms with Crippen LogP contribution < -0.4 is 14.8 Å². The number of para-hydroxylation sites is 1. The van der Waals surface area contributed by atoms with Crippen LogP contribution in [0.2, 0.25) is 5.02 Å². The normalized spacial score (nSPS) is 25.3. The maximum absolute atomic E-state index is 14.2. The van der Waals surface area contributed by atoms with Gasteiger partial charge in [0.25, 0.3) is 0 Å². The molecule has 33 heavy (non-hydrogen) atoms. The monoisotopic (exact) mass is 460 g/mol. The van der Waals surface area contributed by atoms with Gasteiger partial charge in [-0.25, -0.2) is 0 Å². The molecule has 6 nitrogen and oxygen atoms in total. The number of Topliss-reactive ketones (excluding diaryl/α,β-unsaturated/α-hetero) is 1. The van der Waals surface area contributed by atoms with Crippen LogP contribution in [0.3, 0.4) is 0 Å². The van der Waals surface area contributed by atoms with Gasteiger partial charge in [0.15, 0.2) is 17.3 Å². The minimum atomic E-state index is -1.12. The summed E-state index contributed by atoms with van der Waals surface area (Å²) in [5.74, 6) is 0.0181. The van der Waals surface area contributed by atoms with Crippen LogP contribution in [0.25, 0.3) is 0 Å². The molecule has 1 spiro atoms. The highest BCUT2D eigenvalue weighted by Gasteiger charge is 2.64.